The second kappa shape index (κ2) is 12.2. The molecule has 0 fully saturated rings. The van der Waals surface area contributed by atoms with E-state index in [-0.39, 0.29) is 17.3 Å². The van der Waals surface area contributed by atoms with Gasteiger partial charge in [0.1, 0.15) is 6.54 Å². The molecule has 8 heteroatoms. The summed E-state index contributed by atoms with van der Waals surface area (Å²) < 4.78 is 28.0. The molecule has 0 bridgehead atoms. The number of aryl methyl sites for hydroxylation is 1. The van der Waals surface area contributed by atoms with E-state index in [0.29, 0.717) is 12.2 Å². The molecule has 3 aromatic rings. The zero-order valence-electron chi connectivity index (χ0n) is 18.7. The van der Waals surface area contributed by atoms with Crippen molar-refractivity contribution in [1.82, 2.24) is 5.32 Å². The smallest absolute Gasteiger partial charge is 0.264 e. The highest BCUT2D eigenvalue weighted by atomic mass is 32.2. The zero-order chi connectivity index (χ0) is 23.7. The largest absolute Gasteiger partial charge is 0.354 e. The van der Waals surface area contributed by atoms with E-state index in [1.165, 1.54) is 9.20 Å². The maximum Gasteiger partial charge on any atom is 0.264 e. The van der Waals surface area contributed by atoms with Gasteiger partial charge >= 0.3 is 0 Å². The maximum absolute atomic E-state index is 13.4. The van der Waals surface area contributed by atoms with E-state index in [4.69, 9.17) is 0 Å². The van der Waals surface area contributed by atoms with Gasteiger partial charge in [0.15, 0.2) is 0 Å². The fourth-order valence-electron chi connectivity index (χ4n) is 3.09. The molecular formula is C25H28N2O3S3. The molecule has 0 saturated heterocycles. The average molecular weight is 501 g/mol. The highest BCUT2D eigenvalue weighted by molar-refractivity contribution is 7.99. The molecule has 1 amide bonds. The van der Waals surface area contributed by atoms with Crippen LogP contribution in [0.4, 0.5) is 5.69 Å². The Bertz CT molecular complexity index is 1130. The minimum absolute atomic E-state index is 0.160. The van der Waals surface area contributed by atoms with Crippen molar-refractivity contribution in [3.05, 3.63) is 84.4 Å². The van der Waals surface area contributed by atoms with Crippen LogP contribution in [0.25, 0.3) is 0 Å². The van der Waals surface area contributed by atoms with Crippen molar-refractivity contribution in [2.24, 2.45) is 0 Å². The molecular weight excluding hydrogens is 472 g/mol. The van der Waals surface area contributed by atoms with Gasteiger partial charge < -0.3 is 5.32 Å². The van der Waals surface area contributed by atoms with E-state index < -0.39 is 10.0 Å². The van der Waals surface area contributed by atoms with Crippen molar-refractivity contribution >= 4 is 45.1 Å². The molecule has 0 aromatic heterocycles. The van der Waals surface area contributed by atoms with Gasteiger partial charge in [-0.05, 0) is 73.9 Å². The summed E-state index contributed by atoms with van der Waals surface area (Å²) in [7, 11) is -3.90. The van der Waals surface area contributed by atoms with Crippen LogP contribution in [0.2, 0.25) is 0 Å². The molecule has 0 saturated carbocycles. The van der Waals surface area contributed by atoms with Crippen molar-refractivity contribution in [2.75, 3.05) is 29.4 Å². The van der Waals surface area contributed by atoms with E-state index in [1.54, 1.807) is 59.9 Å². The number of hydrogen-bond acceptors (Lipinski definition) is 5. The third-order valence-corrected chi connectivity index (χ3v) is 8.54. The molecule has 0 heterocycles. The predicted octanol–water partition coefficient (Wildman–Crippen LogP) is 5.21. The number of nitrogens with zero attached hydrogens (tertiary/aromatic N) is 1. The van der Waals surface area contributed by atoms with E-state index in [1.807, 2.05) is 43.5 Å². The van der Waals surface area contributed by atoms with Crippen LogP contribution in [0.1, 0.15) is 12.0 Å². The number of amides is 1. The molecule has 0 unspecified atom stereocenters. The van der Waals surface area contributed by atoms with Gasteiger partial charge in [-0.25, -0.2) is 8.42 Å². The number of sulfonamides is 1. The third-order valence-electron chi connectivity index (χ3n) is 4.91. The second-order valence-electron chi connectivity index (χ2n) is 7.39. The molecule has 0 spiro atoms. The molecule has 33 heavy (non-hydrogen) atoms. The molecule has 3 aromatic carbocycles. The standard InChI is InChI=1S/C25H28N2O3S3/c1-20-9-11-21(12-10-20)27(33(29,30)24-15-13-22(31-2)14-16-24)19-25(28)26-17-6-18-32-23-7-4-3-5-8-23/h3-5,7-16H,6,17-19H2,1-2H3,(H,26,28). The topological polar surface area (TPSA) is 66.5 Å². The fourth-order valence-corrected chi connectivity index (χ4v) is 5.80. The summed E-state index contributed by atoms with van der Waals surface area (Å²) in [5, 5.41) is 2.86. The van der Waals surface area contributed by atoms with Gasteiger partial charge in [0.2, 0.25) is 5.91 Å². The quantitative estimate of drug-likeness (QED) is 0.289. The molecule has 0 aliphatic carbocycles. The summed E-state index contributed by atoms with van der Waals surface area (Å²) >= 11 is 3.27. The van der Waals surface area contributed by atoms with Crippen molar-refractivity contribution in [3.8, 4) is 0 Å². The SMILES string of the molecule is CSc1ccc(S(=O)(=O)N(CC(=O)NCCCSc2ccccc2)c2ccc(C)cc2)cc1. The van der Waals surface area contributed by atoms with Gasteiger partial charge in [-0.2, -0.15) is 0 Å². The normalized spacial score (nSPS) is 11.2. The van der Waals surface area contributed by atoms with Crippen LogP contribution in [0.15, 0.2) is 93.5 Å². The predicted molar refractivity (Wildman–Crippen MR) is 139 cm³/mol. The minimum atomic E-state index is -3.90. The van der Waals surface area contributed by atoms with Crippen molar-refractivity contribution in [3.63, 3.8) is 0 Å². The molecule has 0 radical (unpaired) electrons. The van der Waals surface area contributed by atoms with Gasteiger partial charge in [0.05, 0.1) is 10.6 Å². The second-order valence-corrected chi connectivity index (χ2v) is 11.3. The zero-order valence-corrected chi connectivity index (χ0v) is 21.2. The first-order chi connectivity index (χ1) is 15.9. The van der Waals surface area contributed by atoms with Gasteiger partial charge in [0.25, 0.3) is 10.0 Å². The molecule has 174 valence electrons. The monoisotopic (exact) mass is 500 g/mol. The first-order valence-electron chi connectivity index (χ1n) is 10.6. The van der Waals surface area contributed by atoms with Crippen LogP contribution in [-0.2, 0) is 14.8 Å². The molecule has 0 aliphatic rings. The van der Waals surface area contributed by atoms with Crippen LogP contribution >= 0.6 is 23.5 Å². The Kier molecular flexibility index (Phi) is 9.29. The molecule has 0 atom stereocenters. The van der Waals surface area contributed by atoms with Crippen LogP contribution in [0, 0.1) is 6.92 Å². The Hall–Kier alpha value is -2.42. The first kappa shape index (κ1) is 25.2. The highest BCUT2D eigenvalue weighted by Gasteiger charge is 2.27. The number of benzene rings is 3. The molecule has 3 rings (SSSR count). The summed E-state index contributed by atoms with van der Waals surface area (Å²) in [5.41, 5.74) is 1.48. The van der Waals surface area contributed by atoms with E-state index in [9.17, 15) is 13.2 Å². The first-order valence-corrected chi connectivity index (χ1v) is 14.2. The Labute approximate surface area is 205 Å². The number of thioether (sulfide) groups is 2. The number of rotatable bonds is 11. The highest BCUT2D eigenvalue weighted by Crippen LogP contribution is 2.25. The van der Waals surface area contributed by atoms with Gasteiger partial charge in [-0.1, -0.05) is 35.9 Å². The van der Waals surface area contributed by atoms with Crippen LogP contribution in [-0.4, -0.2) is 39.4 Å². The van der Waals surface area contributed by atoms with Gasteiger partial charge in [-0.15, -0.1) is 23.5 Å². The lowest BCUT2D eigenvalue weighted by Crippen LogP contribution is -2.41. The van der Waals surface area contributed by atoms with Crippen LogP contribution < -0.4 is 9.62 Å². The Morgan fingerprint density at radius 1 is 0.909 bits per heavy atom. The van der Waals surface area contributed by atoms with Crippen molar-refractivity contribution in [1.29, 1.82) is 0 Å². The molecule has 1 N–H and O–H groups in total. The third kappa shape index (κ3) is 7.28. The Morgan fingerprint density at radius 3 is 2.21 bits per heavy atom. The average Bonchev–Trinajstić information content (AvgIpc) is 2.83. The number of carbonyl (C=O) groups is 1. The van der Waals surface area contributed by atoms with E-state index in [2.05, 4.69) is 17.4 Å². The number of carbonyl (C=O) groups excluding carboxylic acids is 1. The Morgan fingerprint density at radius 2 is 1.58 bits per heavy atom. The summed E-state index contributed by atoms with van der Waals surface area (Å²) in [4.78, 5) is 15.0. The van der Waals surface area contributed by atoms with Crippen molar-refractivity contribution in [2.45, 2.75) is 28.0 Å². The maximum atomic E-state index is 13.4. The lowest BCUT2D eigenvalue weighted by Gasteiger charge is -2.24. The van der Waals surface area contributed by atoms with Crippen molar-refractivity contribution < 1.29 is 13.2 Å². The molecule has 5 nitrogen and oxygen atoms in total. The summed E-state index contributed by atoms with van der Waals surface area (Å²) in [5.74, 6) is 0.538. The number of anilines is 1. The summed E-state index contributed by atoms with van der Waals surface area (Å²) in [6.07, 6.45) is 2.73. The lowest BCUT2D eigenvalue weighted by molar-refractivity contribution is -0.119. The lowest BCUT2D eigenvalue weighted by atomic mass is 10.2. The van der Waals surface area contributed by atoms with Crippen LogP contribution in [0.5, 0.6) is 0 Å². The fraction of sp³-hybridized carbons (Fsp3) is 0.240. The minimum Gasteiger partial charge on any atom is -0.354 e. The number of nitrogens with one attached hydrogen (secondary N) is 1. The molecule has 0 aliphatic heterocycles. The summed E-state index contributed by atoms with van der Waals surface area (Å²) in [6, 6.07) is 23.9. The van der Waals surface area contributed by atoms with Gasteiger partial charge in [0, 0.05) is 16.3 Å². The van der Waals surface area contributed by atoms with E-state index >= 15 is 0 Å². The number of hydrogen-bond donors (Lipinski definition) is 1. The summed E-state index contributed by atoms with van der Waals surface area (Å²) in [6.45, 7) is 2.15. The Balaban J connectivity index is 1.66. The van der Waals surface area contributed by atoms with E-state index in [0.717, 1.165) is 22.6 Å². The van der Waals surface area contributed by atoms with Crippen LogP contribution in [0.3, 0.4) is 0 Å². The van der Waals surface area contributed by atoms with Gasteiger partial charge in [-0.3, -0.25) is 9.10 Å².